The molecular weight excluding hydrogens is 441 g/mol. The monoisotopic (exact) mass is 473 g/mol. The lowest BCUT2D eigenvalue weighted by Gasteiger charge is -2.34. The number of rotatable bonds is 5. The number of benzene rings is 1. The van der Waals surface area contributed by atoms with Gasteiger partial charge in [-0.2, -0.15) is 0 Å². The van der Waals surface area contributed by atoms with Crippen molar-refractivity contribution in [2.75, 3.05) is 59.0 Å². The van der Waals surface area contributed by atoms with Gasteiger partial charge in [0.25, 0.3) is 0 Å². The Morgan fingerprint density at radius 2 is 1.54 bits per heavy atom. The number of ether oxygens (including phenoxy) is 1. The highest BCUT2D eigenvalue weighted by Gasteiger charge is 2.15. The summed E-state index contributed by atoms with van der Waals surface area (Å²) in [4.78, 5) is 11.7. The number of piperazine rings is 1. The van der Waals surface area contributed by atoms with Crippen LogP contribution in [0.1, 0.15) is 18.1 Å². The van der Waals surface area contributed by atoms with Gasteiger partial charge in [0.2, 0.25) is 0 Å². The van der Waals surface area contributed by atoms with Crippen molar-refractivity contribution in [1.82, 2.24) is 14.7 Å². The Morgan fingerprint density at radius 1 is 0.962 bits per heavy atom. The van der Waals surface area contributed by atoms with Crippen LogP contribution in [-0.4, -0.2) is 79.7 Å². The Morgan fingerprint density at radius 3 is 2.15 bits per heavy atom. The van der Waals surface area contributed by atoms with Crippen molar-refractivity contribution in [1.29, 1.82) is 0 Å². The fourth-order valence-electron chi connectivity index (χ4n) is 3.34. The average molecular weight is 473 g/mol. The number of guanidine groups is 1. The van der Waals surface area contributed by atoms with Crippen molar-refractivity contribution < 1.29 is 4.74 Å². The molecule has 0 bridgehead atoms. The molecular formula is C19H32IN5O. The summed E-state index contributed by atoms with van der Waals surface area (Å²) in [6, 6.07) is 8.80. The highest BCUT2D eigenvalue weighted by molar-refractivity contribution is 14.0. The quantitative estimate of drug-likeness (QED) is 0.400. The molecule has 146 valence electrons. The van der Waals surface area contributed by atoms with Gasteiger partial charge in [-0.3, -0.25) is 4.90 Å². The molecule has 0 radical (unpaired) electrons. The zero-order valence-electron chi connectivity index (χ0n) is 15.8. The molecule has 2 heterocycles. The molecule has 2 saturated heterocycles. The van der Waals surface area contributed by atoms with Gasteiger partial charge in [0.1, 0.15) is 0 Å². The van der Waals surface area contributed by atoms with Gasteiger partial charge in [-0.05, 0) is 17.7 Å². The van der Waals surface area contributed by atoms with E-state index in [-0.39, 0.29) is 24.0 Å². The second-order valence-corrected chi connectivity index (χ2v) is 6.80. The third kappa shape index (κ3) is 6.37. The summed E-state index contributed by atoms with van der Waals surface area (Å²) in [5.41, 5.74) is 8.66. The third-order valence-corrected chi connectivity index (χ3v) is 5.10. The Bertz CT molecular complexity index is 552. The third-order valence-electron chi connectivity index (χ3n) is 5.10. The molecule has 3 rings (SSSR count). The first-order chi connectivity index (χ1) is 12.2. The molecule has 2 N–H and O–H groups in total. The first-order valence-corrected chi connectivity index (χ1v) is 9.39. The lowest BCUT2D eigenvalue weighted by Crippen LogP contribution is -2.45. The first-order valence-electron chi connectivity index (χ1n) is 9.39. The van der Waals surface area contributed by atoms with E-state index in [0.29, 0.717) is 12.5 Å². The Labute approximate surface area is 174 Å². The predicted octanol–water partition coefficient (Wildman–Crippen LogP) is 1.59. The maximum Gasteiger partial charge on any atom is 0.191 e. The molecule has 0 saturated carbocycles. The molecule has 0 unspecified atom stereocenters. The molecule has 1 aromatic rings. The normalized spacial score (nSPS) is 20.0. The van der Waals surface area contributed by atoms with E-state index in [1.807, 2.05) is 0 Å². The molecule has 0 aliphatic carbocycles. The maximum absolute atomic E-state index is 6.08. The van der Waals surface area contributed by atoms with E-state index in [2.05, 4.69) is 50.9 Å². The number of hydrogen-bond acceptors (Lipinski definition) is 4. The Balaban J connectivity index is 0.00000243. The van der Waals surface area contributed by atoms with Crippen molar-refractivity contribution in [2.24, 2.45) is 10.7 Å². The van der Waals surface area contributed by atoms with Gasteiger partial charge >= 0.3 is 0 Å². The number of hydrogen-bond donors (Lipinski definition) is 1. The van der Waals surface area contributed by atoms with Gasteiger partial charge in [-0.15, -0.1) is 24.0 Å². The van der Waals surface area contributed by atoms with Crippen LogP contribution in [0.3, 0.4) is 0 Å². The molecule has 26 heavy (non-hydrogen) atoms. The number of halogens is 1. The second kappa shape index (κ2) is 11.1. The lowest BCUT2D eigenvalue weighted by molar-refractivity contribution is 0.0674. The van der Waals surface area contributed by atoms with Crippen LogP contribution in [0.5, 0.6) is 0 Å². The number of aliphatic imine (C=N–C) groups is 1. The topological polar surface area (TPSA) is 57.3 Å². The second-order valence-electron chi connectivity index (χ2n) is 6.80. The van der Waals surface area contributed by atoms with Crippen molar-refractivity contribution in [3.8, 4) is 0 Å². The minimum Gasteiger partial charge on any atom is -0.378 e. The molecule has 0 spiro atoms. The summed E-state index contributed by atoms with van der Waals surface area (Å²) >= 11 is 0. The highest BCUT2D eigenvalue weighted by Crippen LogP contribution is 2.11. The van der Waals surface area contributed by atoms with Crippen LogP contribution < -0.4 is 5.73 Å². The molecule has 2 aliphatic heterocycles. The van der Waals surface area contributed by atoms with Gasteiger partial charge in [-0.1, -0.05) is 31.2 Å². The van der Waals surface area contributed by atoms with Crippen molar-refractivity contribution in [3.05, 3.63) is 35.4 Å². The summed E-state index contributed by atoms with van der Waals surface area (Å²) < 4.78 is 5.34. The lowest BCUT2D eigenvalue weighted by atomic mass is 10.1. The molecule has 0 atom stereocenters. The van der Waals surface area contributed by atoms with Gasteiger partial charge in [0, 0.05) is 45.8 Å². The Kier molecular flexibility index (Phi) is 9.10. The zero-order chi connectivity index (χ0) is 17.5. The largest absolute Gasteiger partial charge is 0.378 e. The van der Waals surface area contributed by atoms with E-state index in [1.165, 1.54) is 24.2 Å². The SMILES string of the molecule is CCN1CCN(Cc2ccc(CN=C(N)N3CCOCC3)cc2)CC1.I. The van der Waals surface area contributed by atoms with Crippen LogP contribution in [0.2, 0.25) is 0 Å². The fraction of sp³-hybridized carbons (Fsp3) is 0.632. The van der Waals surface area contributed by atoms with E-state index in [4.69, 9.17) is 10.5 Å². The molecule has 2 aliphatic rings. The predicted molar refractivity (Wildman–Crippen MR) is 117 cm³/mol. The summed E-state index contributed by atoms with van der Waals surface area (Å²) in [5.74, 6) is 0.626. The van der Waals surface area contributed by atoms with Crippen molar-refractivity contribution in [3.63, 3.8) is 0 Å². The van der Waals surface area contributed by atoms with Gasteiger partial charge in [-0.25, -0.2) is 4.99 Å². The molecule has 0 amide bonds. The molecule has 1 aromatic carbocycles. The van der Waals surface area contributed by atoms with Crippen LogP contribution in [-0.2, 0) is 17.8 Å². The zero-order valence-corrected chi connectivity index (χ0v) is 18.1. The average Bonchev–Trinajstić information content (AvgIpc) is 2.68. The van der Waals surface area contributed by atoms with Crippen LogP contribution >= 0.6 is 24.0 Å². The smallest absolute Gasteiger partial charge is 0.191 e. The number of nitrogens with zero attached hydrogens (tertiary/aromatic N) is 4. The van der Waals surface area contributed by atoms with Crippen LogP contribution in [0.4, 0.5) is 0 Å². The minimum atomic E-state index is 0. The molecule has 7 heteroatoms. The highest BCUT2D eigenvalue weighted by atomic mass is 127. The molecule has 0 aromatic heterocycles. The van der Waals surface area contributed by atoms with E-state index in [9.17, 15) is 0 Å². The number of likely N-dealkylation sites (N-methyl/N-ethyl adjacent to an activating group) is 1. The van der Waals surface area contributed by atoms with E-state index in [0.717, 1.165) is 52.5 Å². The number of morpholine rings is 1. The van der Waals surface area contributed by atoms with Crippen molar-refractivity contribution >= 4 is 29.9 Å². The standard InChI is InChI=1S/C19H31N5O.HI/c1-2-22-7-9-23(10-8-22)16-18-5-3-17(4-6-18)15-21-19(20)24-11-13-25-14-12-24;/h3-6H,2,7-16H2,1H3,(H2,20,21);1H. The summed E-state index contributed by atoms with van der Waals surface area (Å²) in [5, 5.41) is 0. The van der Waals surface area contributed by atoms with Gasteiger partial charge < -0.3 is 20.3 Å². The minimum absolute atomic E-state index is 0. The van der Waals surface area contributed by atoms with Gasteiger partial charge in [0.15, 0.2) is 5.96 Å². The first kappa shape index (κ1) is 21.4. The summed E-state index contributed by atoms with van der Waals surface area (Å²) in [6.45, 7) is 12.9. The van der Waals surface area contributed by atoms with Crippen LogP contribution in [0.25, 0.3) is 0 Å². The molecule has 2 fully saturated rings. The van der Waals surface area contributed by atoms with E-state index >= 15 is 0 Å². The van der Waals surface area contributed by atoms with E-state index < -0.39 is 0 Å². The molecule has 6 nitrogen and oxygen atoms in total. The Hall–Kier alpha value is -0.900. The fourth-order valence-corrected chi connectivity index (χ4v) is 3.34. The number of nitrogens with two attached hydrogens (primary N) is 1. The van der Waals surface area contributed by atoms with E-state index in [1.54, 1.807) is 0 Å². The van der Waals surface area contributed by atoms with Crippen LogP contribution in [0.15, 0.2) is 29.3 Å². The van der Waals surface area contributed by atoms with Gasteiger partial charge in [0.05, 0.1) is 19.8 Å². The summed E-state index contributed by atoms with van der Waals surface area (Å²) in [7, 11) is 0. The summed E-state index contributed by atoms with van der Waals surface area (Å²) in [6.07, 6.45) is 0. The van der Waals surface area contributed by atoms with Crippen molar-refractivity contribution in [2.45, 2.75) is 20.0 Å². The maximum atomic E-state index is 6.08. The van der Waals surface area contributed by atoms with Crippen LogP contribution in [0, 0.1) is 0 Å².